The highest BCUT2D eigenvalue weighted by Crippen LogP contribution is 2.37. The highest BCUT2D eigenvalue weighted by Gasteiger charge is 2.32. The van der Waals surface area contributed by atoms with Gasteiger partial charge in [-0.25, -0.2) is 9.97 Å². The van der Waals surface area contributed by atoms with E-state index in [0.717, 1.165) is 42.6 Å². The van der Waals surface area contributed by atoms with Crippen molar-refractivity contribution in [1.29, 1.82) is 0 Å². The van der Waals surface area contributed by atoms with E-state index in [1.165, 1.54) is 0 Å². The van der Waals surface area contributed by atoms with E-state index in [9.17, 15) is 4.79 Å². The molecule has 6 nitrogen and oxygen atoms in total. The molecule has 1 fully saturated rings. The van der Waals surface area contributed by atoms with Crippen molar-refractivity contribution < 1.29 is 4.79 Å². The smallest absolute Gasteiger partial charge is 0.254 e. The van der Waals surface area contributed by atoms with Crippen molar-refractivity contribution in [3.8, 4) is 11.1 Å². The van der Waals surface area contributed by atoms with Gasteiger partial charge in [-0.2, -0.15) is 0 Å². The van der Waals surface area contributed by atoms with Crippen LogP contribution in [0.1, 0.15) is 41.4 Å². The molecule has 0 bridgehead atoms. The Morgan fingerprint density at radius 1 is 1.07 bits per heavy atom. The fourth-order valence-electron chi connectivity index (χ4n) is 3.81. The van der Waals surface area contributed by atoms with E-state index in [1.807, 2.05) is 72.6 Å². The first kappa shape index (κ1) is 19.1. The molecule has 3 aromatic rings. The van der Waals surface area contributed by atoms with Crippen LogP contribution in [0.2, 0.25) is 0 Å². The van der Waals surface area contributed by atoms with E-state index < -0.39 is 0 Å². The number of carbonyl (C=O) groups excluding carboxylic acids is 1. The highest BCUT2D eigenvalue weighted by atomic mass is 16.2. The molecule has 148 valence electrons. The van der Waals surface area contributed by atoms with Gasteiger partial charge in [-0.05, 0) is 49.1 Å². The van der Waals surface area contributed by atoms with E-state index in [4.69, 9.17) is 4.98 Å². The van der Waals surface area contributed by atoms with Crippen molar-refractivity contribution in [2.45, 2.75) is 25.3 Å². The van der Waals surface area contributed by atoms with Gasteiger partial charge in [0.2, 0.25) is 5.95 Å². The Balaban J connectivity index is 1.80. The molecule has 0 aliphatic carbocycles. The second-order valence-electron chi connectivity index (χ2n) is 7.48. The van der Waals surface area contributed by atoms with Gasteiger partial charge in [-0.3, -0.25) is 9.78 Å². The lowest BCUT2D eigenvalue weighted by Gasteiger charge is -2.36. The zero-order valence-electron chi connectivity index (χ0n) is 16.8. The molecule has 0 unspecified atom stereocenters. The maximum absolute atomic E-state index is 13.3. The minimum Gasteiger partial charge on any atom is -0.347 e. The Hall–Kier alpha value is -3.28. The number of piperidine rings is 1. The predicted molar refractivity (Wildman–Crippen MR) is 114 cm³/mol. The van der Waals surface area contributed by atoms with Gasteiger partial charge in [-0.15, -0.1) is 0 Å². The molecule has 0 N–H and O–H groups in total. The van der Waals surface area contributed by atoms with Gasteiger partial charge in [0.15, 0.2) is 0 Å². The van der Waals surface area contributed by atoms with Gasteiger partial charge in [0, 0.05) is 50.4 Å². The average Bonchev–Trinajstić information content (AvgIpc) is 2.79. The summed E-state index contributed by atoms with van der Waals surface area (Å²) < 4.78 is 0. The SMILES string of the molecule is CN(C)c1ncc(-c2ccncc2)c([C@H]2CCCCN2C(=O)c2ccccc2)n1. The maximum Gasteiger partial charge on any atom is 0.254 e. The van der Waals surface area contributed by atoms with Gasteiger partial charge in [-0.1, -0.05) is 18.2 Å². The van der Waals surface area contributed by atoms with Gasteiger partial charge >= 0.3 is 0 Å². The van der Waals surface area contributed by atoms with Gasteiger partial charge < -0.3 is 9.80 Å². The van der Waals surface area contributed by atoms with Crippen molar-refractivity contribution >= 4 is 11.9 Å². The number of benzene rings is 1. The summed E-state index contributed by atoms with van der Waals surface area (Å²) in [7, 11) is 3.86. The lowest BCUT2D eigenvalue weighted by Crippen LogP contribution is -2.39. The van der Waals surface area contributed by atoms with Crippen LogP contribution in [-0.4, -0.2) is 46.4 Å². The molecule has 0 spiro atoms. The van der Waals surface area contributed by atoms with Crippen LogP contribution in [0.15, 0.2) is 61.1 Å². The number of anilines is 1. The van der Waals surface area contributed by atoms with E-state index >= 15 is 0 Å². The number of hydrogen-bond acceptors (Lipinski definition) is 5. The van der Waals surface area contributed by atoms with Crippen LogP contribution in [0, 0.1) is 0 Å². The molecule has 1 amide bonds. The summed E-state index contributed by atoms with van der Waals surface area (Å²) in [5, 5.41) is 0. The topological polar surface area (TPSA) is 62.2 Å². The lowest BCUT2D eigenvalue weighted by atomic mass is 9.93. The fraction of sp³-hybridized carbons (Fsp3) is 0.304. The van der Waals surface area contributed by atoms with E-state index in [1.54, 1.807) is 12.4 Å². The number of rotatable bonds is 4. The third kappa shape index (κ3) is 3.97. The molecule has 1 aliphatic heterocycles. The predicted octanol–water partition coefficient (Wildman–Crippen LogP) is 3.97. The third-order valence-corrected chi connectivity index (χ3v) is 5.30. The van der Waals surface area contributed by atoms with E-state index in [2.05, 4.69) is 9.97 Å². The summed E-state index contributed by atoms with van der Waals surface area (Å²) in [6, 6.07) is 13.3. The second-order valence-corrected chi connectivity index (χ2v) is 7.48. The largest absolute Gasteiger partial charge is 0.347 e. The number of amides is 1. The Morgan fingerprint density at radius 2 is 1.83 bits per heavy atom. The summed E-state index contributed by atoms with van der Waals surface area (Å²) >= 11 is 0. The van der Waals surface area contributed by atoms with Crippen LogP contribution < -0.4 is 4.90 Å². The number of aromatic nitrogens is 3. The molecular weight excluding hydrogens is 362 g/mol. The fourth-order valence-corrected chi connectivity index (χ4v) is 3.81. The summed E-state index contributed by atoms with van der Waals surface area (Å²) in [5.41, 5.74) is 3.58. The number of carbonyl (C=O) groups is 1. The molecule has 29 heavy (non-hydrogen) atoms. The lowest BCUT2D eigenvalue weighted by molar-refractivity contribution is 0.0607. The zero-order chi connectivity index (χ0) is 20.2. The molecular formula is C23H25N5O. The number of hydrogen-bond donors (Lipinski definition) is 0. The van der Waals surface area contributed by atoms with Crippen molar-refractivity contribution in [3.63, 3.8) is 0 Å². The molecule has 1 atom stereocenters. The zero-order valence-corrected chi connectivity index (χ0v) is 16.8. The summed E-state index contributed by atoms with van der Waals surface area (Å²) in [5.74, 6) is 0.705. The standard InChI is InChI=1S/C23H25N5O/c1-27(2)23-25-16-19(17-11-13-24-14-12-17)21(26-23)20-10-6-7-15-28(20)22(29)18-8-4-3-5-9-18/h3-5,8-9,11-14,16,20H,6-7,10,15H2,1-2H3/t20-/m1/s1. The molecule has 0 radical (unpaired) electrons. The Kier molecular flexibility index (Phi) is 5.51. The van der Waals surface area contributed by atoms with E-state index in [0.29, 0.717) is 11.5 Å². The van der Waals surface area contributed by atoms with Gasteiger partial charge in [0.25, 0.3) is 5.91 Å². The monoisotopic (exact) mass is 387 g/mol. The summed E-state index contributed by atoms with van der Waals surface area (Å²) in [4.78, 5) is 30.7. The van der Waals surface area contributed by atoms with Crippen LogP contribution in [0.25, 0.3) is 11.1 Å². The first-order chi connectivity index (χ1) is 14.1. The molecule has 2 aromatic heterocycles. The van der Waals surface area contributed by atoms with Crippen LogP contribution in [0.4, 0.5) is 5.95 Å². The Bertz CT molecular complexity index is 975. The Morgan fingerprint density at radius 3 is 2.55 bits per heavy atom. The average molecular weight is 387 g/mol. The summed E-state index contributed by atoms with van der Waals surface area (Å²) in [6.07, 6.45) is 8.37. The third-order valence-electron chi connectivity index (χ3n) is 5.30. The molecule has 0 saturated carbocycles. The molecule has 1 aromatic carbocycles. The molecule has 1 saturated heterocycles. The molecule has 3 heterocycles. The normalized spacial score (nSPS) is 16.5. The van der Waals surface area contributed by atoms with Crippen molar-refractivity contribution in [3.05, 3.63) is 72.3 Å². The van der Waals surface area contributed by atoms with Crippen molar-refractivity contribution in [2.24, 2.45) is 0 Å². The number of nitrogens with zero attached hydrogens (tertiary/aromatic N) is 5. The highest BCUT2D eigenvalue weighted by molar-refractivity contribution is 5.94. The second kappa shape index (κ2) is 8.39. The molecule has 4 rings (SSSR count). The van der Waals surface area contributed by atoms with Crippen LogP contribution in [-0.2, 0) is 0 Å². The van der Waals surface area contributed by atoms with Crippen LogP contribution in [0.3, 0.4) is 0 Å². The van der Waals surface area contributed by atoms with Gasteiger partial charge in [0.05, 0.1) is 11.7 Å². The van der Waals surface area contributed by atoms with E-state index in [-0.39, 0.29) is 11.9 Å². The summed E-state index contributed by atoms with van der Waals surface area (Å²) in [6.45, 7) is 0.732. The quantitative estimate of drug-likeness (QED) is 0.678. The van der Waals surface area contributed by atoms with Crippen molar-refractivity contribution in [2.75, 3.05) is 25.5 Å². The van der Waals surface area contributed by atoms with Crippen LogP contribution in [0.5, 0.6) is 0 Å². The number of pyridine rings is 1. The minimum atomic E-state index is -0.0821. The van der Waals surface area contributed by atoms with Crippen molar-refractivity contribution in [1.82, 2.24) is 19.9 Å². The maximum atomic E-state index is 13.3. The number of likely N-dealkylation sites (tertiary alicyclic amines) is 1. The molecule has 6 heteroatoms. The minimum absolute atomic E-state index is 0.0565. The first-order valence-corrected chi connectivity index (χ1v) is 9.96. The molecule has 1 aliphatic rings. The van der Waals surface area contributed by atoms with Gasteiger partial charge in [0.1, 0.15) is 0 Å². The first-order valence-electron chi connectivity index (χ1n) is 9.96. The van der Waals surface area contributed by atoms with Crippen LogP contribution >= 0.6 is 0 Å². The Labute approximate surface area is 171 Å².